The number of benzene rings is 1. The predicted octanol–water partition coefficient (Wildman–Crippen LogP) is 1.21. The fourth-order valence-electron chi connectivity index (χ4n) is 3.73. The number of rotatable bonds is 6. The molecule has 0 aliphatic carbocycles. The molecule has 0 spiro atoms. The lowest BCUT2D eigenvalue weighted by molar-refractivity contribution is -0.125. The Morgan fingerprint density at radius 1 is 1.21 bits per heavy atom. The van der Waals surface area contributed by atoms with Gasteiger partial charge in [-0.05, 0) is 51.0 Å². The fourth-order valence-corrected chi connectivity index (χ4v) is 5.39. The van der Waals surface area contributed by atoms with Gasteiger partial charge in [0, 0.05) is 31.7 Å². The molecule has 0 saturated carbocycles. The first-order chi connectivity index (χ1) is 13.2. The molecule has 1 N–H and O–H groups in total. The van der Waals surface area contributed by atoms with Gasteiger partial charge in [0.15, 0.2) is 0 Å². The Kier molecular flexibility index (Phi) is 6.38. The van der Waals surface area contributed by atoms with Gasteiger partial charge in [-0.1, -0.05) is 0 Å². The van der Waals surface area contributed by atoms with Gasteiger partial charge in [-0.25, -0.2) is 12.8 Å². The van der Waals surface area contributed by atoms with Crippen LogP contribution in [0.4, 0.5) is 4.39 Å². The van der Waals surface area contributed by atoms with Gasteiger partial charge in [0.25, 0.3) is 0 Å². The van der Waals surface area contributed by atoms with E-state index in [-0.39, 0.29) is 22.9 Å². The number of sulfonamides is 1. The second kappa shape index (κ2) is 8.44. The van der Waals surface area contributed by atoms with Crippen LogP contribution in [0.3, 0.4) is 0 Å². The lowest BCUT2D eigenvalue weighted by Gasteiger charge is -2.41. The first kappa shape index (κ1) is 21.2. The second-order valence-electron chi connectivity index (χ2n) is 7.86. The number of carbonyl (C=O) groups excluding carboxylic acids is 1. The summed E-state index contributed by atoms with van der Waals surface area (Å²) in [6, 6.07) is 3.96. The van der Waals surface area contributed by atoms with E-state index in [0.29, 0.717) is 32.6 Å². The molecule has 7 nitrogen and oxygen atoms in total. The second-order valence-corrected chi connectivity index (χ2v) is 9.75. The van der Waals surface area contributed by atoms with E-state index in [4.69, 9.17) is 4.74 Å². The van der Waals surface area contributed by atoms with Crippen molar-refractivity contribution in [2.75, 3.05) is 39.4 Å². The maximum absolute atomic E-state index is 13.1. The lowest BCUT2D eigenvalue weighted by atomic mass is 10.0. The van der Waals surface area contributed by atoms with Crippen molar-refractivity contribution in [3.63, 3.8) is 0 Å². The Morgan fingerprint density at radius 3 is 2.50 bits per heavy atom. The first-order valence-electron chi connectivity index (χ1n) is 9.60. The number of hydrogen-bond donors (Lipinski definition) is 1. The summed E-state index contributed by atoms with van der Waals surface area (Å²) < 4.78 is 45.6. The molecule has 0 aromatic heterocycles. The third-order valence-electron chi connectivity index (χ3n) is 5.49. The Hall–Kier alpha value is -1.55. The van der Waals surface area contributed by atoms with Crippen molar-refractivity contribution in [1.29, 1.82) is 0 Å². The van der Waals surface area contributed by atoms with Crippen LogP contribution in [0.1, 0.15) is 26.7 Å². The minimum absolute atomic E-state index is 0.00208. The van der Waals surface area contributed by atoms with Gasteiger partial charge in [-0.2, -0.15) is 4.31 Å². The summed E-state index contributed by atoms with van der Waals surface area (Å²) in [5, 5.41) is 2.94. The zero-order valence-electron chi connectivity index (χ0n) is 16.4. The molecule has 1 amide bonds. The highest BCUT2D eigenvalue weighted by molar-refractivity contribution is 7.89. The average molecular weight is 414 g/mol. The summed E-state index contributed by atoms with van der Waals surface area (Å²) >= 11 is 0. The Bertz CT molecular complexity index is 792. The van der Waals surface area contributed by atoms with E-state index >= 15 is 0 Å². The first-order valence-corrected chi connectivity index (χ1v) is 11.0. The van der Waals surface area contributed by atoms with E-state index in [1.165, 1.54) is 16.4 Å². The van der Waals surface area contributed by atoms with Gasteiger partial charge in [-0.3, -0.25) is 9.69 Å². The third-order valence-corrected chi connectivity index (χ3v) is 7.41. The van der Waals surface area contributed by atoms with E-state index in [9.17, 15) is 17.6 Å². The number of halogens is 1. The van der Waals surface area contributed by atoms with Crippen LogP contribution in [0.5, 0.6) is 0 Å². The monoisotopic (exact) mass is 413 g/mol. The quantitative estimate of drug-likeness (QED) is 0.758. The Morgan fingerprint density at radius 2 is 1.86 bits per heavy atom. The number of carbonyl (C=O) groups is 1. The van der Waals surface area contributed by atoms with Crippen molar-refractivity contribution < 1.29 is 22.3 Å². The van der Waals surface area contributed by atoms with Gasteiger partial charge < -0.3 is 10.1 Å². The van der Waals surface area contributed by atoms with E-state index in [1.807, 2.05) is 0 Å². The van der Waals surface area contributed by atoms with Crippen LogP contribution in [0.15, 0.2) is 29.2 Å². The molecule has 2 aliphatic rings. The Labute approximate surface area is 165 Å². The number of ether oxygens (including phenoxy) is 1. The van der Waals surface area contributed by atoms with E-state index in [1.54, 1.807) is 0 Å². The van der Waals surface area contributed by atoms with Gasteiger partial charge in [-0.15, -0.1) is 0 Å². The largest absolute Gasteiger partial charge is 0.379 e. The topological polar surface area (TPSA) is 79.0 Å². The molecule has 1 aromatic carbocycles. The molecule has 2 aliphatic heterocycles. The minimum atomic E-state index is -3.85. The van der Waals surface area contributed by atoms with Crippen LogP contribution in [-0.2, 0) is 19.6 Å². The molecule has 2 saturated heterocycles. The van der Waals surface area contributed by atoms with Crippen LogP contribution in [0, 0.1) is 5.82 Å². The summed E-state index contributed by atoms with van der Waals surface area (Å²) in [4.78, 5) is 15.1. The Balaban J connectivity index is 1.66. The summed E-state index contributed by atoms with van der Waals surface area (Å²) in [7, 11) is -3.85. The molecule has 1 atom stereocenters. The molecule has 0 unspecified atom stereocenters. The zero-order chi connectivity index (χ0) is 20.4. The molecule has 0 radical (unpaired) electrons. The molecule has 2 heterocycles. The lowest BCUT2D eigenvalue weighted by Crippen LogP contribution is -2.57. The SMILES string of the molecule is CC(C)(CNC(=O)[C@@H]1CCCN1S(=O)(=O)c1ccc(F)cc1)N1CCOCC1. The molecule has 156 valence electrons. The van der Waals surface area contributed by atoms with Crippen molar-refractivity contribution in [2.45, 2.75) is 43.2 Å². The van der Waals surface area contributed by atoms with Gasteiger partial charge in [0.1, 0.15) is 11.9 Å². The number of nitrogens with one attached hydrogen (secondary N) is 1. The average Bonchev–Trinajstić information content (AvgIpc) is 3.18. The molecule has 1 aromatic rings. The normalized spacial score (nSPS) is 22.3. The summed E-state index contributed by atoms with van der Waals surface area (Å²) in [6.45, 7) is 7.76. The van der Waals surface area contributed by atoms with E-state index in [2.05, 4.69) is 24.1 Å². The minimum Gasteiger partial charge on any atom is -0.379 e. The van der Waals surface area contributed by atoms with Crippen molar-refractivity contribution >= 4 is 15.9 Å². The number of hydrogen-bond acceptors (Lipinski definition) is 5. The molecular weight excluding hydrogens is 385 g/mol. The zero-order valence-corrected chi connectivity index (χ0v) is 17.2. The summed E-state index contributed by atoms with van der Waals surface area (Å²) in [5.74, 6) is -0.787. The molecule has 0 bridgehead atoms. The van der Waals surface area contributed by atoms with Crippen molar-refractivity contribution in [3.8, 4) is 0 Å². The predicted molar refractivity (Wildman–Crippen MR) is 103 cm³/mol. The highest BCUT2D eigenvalue weighted by atomic mass is 32.2. The molecule has 28 heavy (non-hydrogen) atoms. The molecule has 2 fully saturated rings. The van der Waals surface area contributed by atoms with Gasteiger partial charge in [0.05, 0.1) is 18.1 Å². The molecule has 3 rings (SSSR count). The number of nitrogens with zero attached hydrogens (tertiary/aromatic N) is 2. The number of amides is 1. The van der Waals surface area contributed by atoms with Crippen LogP contribution in [-0.4, -0.2) is 74.5 Å². The maximum atomic E-state index is 13.1. The highest BCUT2D eigenvalue weighted by Gasteiger charge is 2.40. The van der Waals surface area contributed by atoms with Crippen molar-refractivity contribution in [2.24, 2.45) is 0 Å². The highest BCUT2D eigenvalue weighted by Crippen LogP contribution is 2.26. The van der Waals surface area contributed by atoms with Gasteiger partial charge in [0.2, 0.25) is 15.9 Å². The number of morpholine rings is 1. The summed E-state index contributed by atoms with van der Waals surface area (Å²) in [6.07, 6.45) is 1.09. The van der Waals surface area contributed by atoms with E-state index in [0.717, 1.165) is 25.2 Å². The fraction of sp³-hybridized carbons (Fsp3) is 0.632. The van der Waals surface area contributed by atoms with Crippen molar-refractivity contribution in [3.05, 3.63) is 30.1 Å². The van der Waals surface area contributed by atoms with Crippen LogP contribution >= 0.6 is 0 Å². The van der Waals surface area contributed by atoms with Crippen LogP contribution < -0.4 is 5.32 Å². The molecule has 9 heteroatoms. The van der Waals surface area contributed by atoms with Crippen molar-refractivity contribution in [1.82, 2.24) is 14.5 Å². The standard InChI is InChI=1S/C19H28FN3O4S/c1-19(2,22-10-12-27-13-11-22)14-21-18(24)17-4-3-9-23(17)28(25,26)16-7-5-15(20)6-8-16/h5-8,17H,3-4,9-14H2,1-2H3,(H,21,24)/t17-/m0/s1. The third kappa shape index (κ3) is 4.53. The van der Waals surface area contributed by atoms with E-state index < -0.39 is 21.9 Å². The van der Waals surface area contributed by atoms with Crippen LogP contribution in [0.2, 0.25) is 0 Å². The molecular formula is C19H28FN3O4S. The van der Waals surface area contributed by atoms with Crippen LogP contribution in [0.25, 0.3) is 0 Å². The smallest absolute Gasteiger partial charge is 0.243 e. The van der Waals surface area contributed by atoms with Gasteiger partial charge >= 0.3 is 0 Å². The summed E-state index contributed by atoms with van der Waals surface area (Å²) in [5.41, 5.74) is -0.251. The maximum Gasteiger partial charge on any atom is 0.243 e.